The highest BCUT2D eigenvalue weighted by Crippen LogP contribution is 2.21. The van der Waals surface area contributed by atoms with Gasteiger partial charge < -0.3 is 10.5 Å². The van der Waals surface area contributed by atoms with Crippen LogP contribution in [0.3, 0.4) is 0 Å². The van der Waals surface area contributed by atoms with E-state index in [1.54, 1.807) is 11.8 Å². The lowest BCUT2D eigenvalue weighted by Crippen LogP contribution is -2.09. The van der Waals surface area contributed by atoms with E-state index in [1.165, 1.54) is 4.90 Å². The van der Waals surface area contributed by atoms with Gasteiger partial charge in [0.25, 0.3) is 0 Å². The van der Waals surface area contributed by atoms with Crippen LogP contribution in [0.15, 0.2) is 29.2 Å². The van der Waals surface area contributed by atoms with Gasteiger partial charge in [-0.1, -0.05) is 6.92 Å². The lowest BCUT2D eigenvalue weighted by atomic mass is 10.3. The zero-order valence-corrected chi connectivity index (χ0v) is 10.2. The number of thioether (sulfide) groups is 1. The van der Waals surface area contributed by atoms with Crippen LogP contribution in [-0.4, -0.2) is 18.4 Å². The summed E-state index contributed by atoms with van der Waals surface area (Å²) in [6.07, 6.45) is 1.32. The number of hydrogen-bond donors (Lipinski definition) is 1. The van der Waals surface area contributed by atoms with E-state index in [4.69, 9.17) is 10.5 Å². The molecular weight excluding hydrogens is 206 g/mol. The molecule has 0 amide bonds. The SMILES string of the molecule is CCC(C)Oc1ccc(SCCN)cc1. The van der Waals surface area contributed by atoms with Crippen molar-refractivity contribution in [2.75, 3.05) is 12.3 Å². The molecule has 0 spiro atoms. The van der Waals surface area contributed by atoms with Crippen LogP contribution >= 0.6 is 11.8 Å². The minimum absolute atomic E-state index is 0.285. The van der Waals surface area contributed by atoms with Gasteiger partial charge in [0, 0.05) is 17.2 Å². The summed E-state index contributed by atoms with van der Waals surface area (Å²) < 4.78 is 5.69. The van der Waals surface area contributed by atoms with Gasteiger partial charge in [-0.15, -0.1) is 11.8 Å². The van der Waals surface area contributed by atoms with E-state index >= 15 is 0 Å². The van der Waals surface area contributed by atoms with Crippen molar-refractivity contribution >= 4 is 11.8 Å². The van der Waals surface area contributed by atoms with Crippen LogP contribution in [0, 0.1) is 0 Å². The molecule has 1 rings (SSSR count). The molecule has 0 radical (unpaired) electrons. The lowest BCUT2D eigenvalue weighted by molar-refractivity contribution is 0.217. The predicted molar refractivity (Wildman–Crippen MR) is 66.6 cm³/mol. The van der Waals surface area contributed by atoms with Gasteiger partial charge in [-0.3, -0.25) is 0 Å². The average molecular weight is 225 g/mol. The van der Waals surface area contributed by atoms with Crippen LogP contribution < -0.4 is 10.5 Å². The second-order valence-corrected chi connectivity index (χ2v) is 4.61. The van der Waals surface area contributed by atoms with Crippen LogP contribution in [0.4, 0.5) is 0 Å². The Bertz CT molecular complexity index is 273. The third-order valence-electron chi connectivity index (χ3n) is 2.12. The Kier molecular flexibility index (Phi) is 5.58. The molecule has 0 saturated heterocycles. The molecule has 1 aromatic carbocycles. The molecule has 1 atom stereocenters. The summed E-state index contributed by atoms with van der Waals surface area (Å²) >= 11 is 1.77. The van der Waals surface area contributed by atoms with Crippen molar-refractivity contribution in [1.29, 1.82) is 0 Å². The first kappa shape index (κ1) is 12.4. The molecule has 0 aliphatic carbocycles. The van der Waals surface area contributed by atoms with Crippen molar-refractivity contribution in [3.63, 3.8) is 0 Å². The Balaban J connectivity index is 2.48. The van der Waals surface area contributed by atoms with Gasteiger partial charge in [-0.05, 0) is 37.6 Å². The number of nitrogens with two attached hydrogens (primary N) is 1. The van der Waals surface area contributed by atoms with Crippen molar-refractivity contribution in [2.45, 2.75) is 31.3 Å². The molecule has 15 heavy (non-hydrogen) atoms. The number of rotatable bonds is 6. The first-order chi connectivity index (χ1) is 7.26. The zero-order valence-electron chi connectivity index (χ0n) is 9.40. The van der Waals surface area contributed by atoms with E-state index in [9.17, 15) is 0 Å². The number of ether oxygens (including phenoxy) is 1. The van der Waals surface area contributed by atoms with Crippen molar-refractivity contribution in [3.8, 4) is 5.75 Å². The molecule has 1 unspecified atom stereocenters. The maximum Gasteiger partial charge on any atom is 0.119 e. The van der Waals surface area contributed by atoms with Crippen molar-refractivity contribution in [2.24, 2.45) is 5.73 Å². The van der Waals surface area contributed by atoms with Crippen LogP contribution in [0.25, 0.3) is 0 Å². The van der Waals surface area contributed by atoms with E-state index < -0.39 is 0 Å². The highest BCUT2D eigenvalue weighted by molar-refractivity contribution is 7.99. The van der Waals surface area contributed by atoms with Gasteiger partial charge in [-0.25, -0.2) is 0 Å². The molecule has 0 aliphatic rings. The Morgan fingerprint density at radius 2 is 2.00 bits per heavy atom. The second kappa shape index (κ2) is 6.75. The van der Waals surface area contributed by atoms with Crippen LogP contribution in [0.1, 0.15) is 20.3 Å². The topological polar surface area (TPSA) is 35.2 Å². The smallest absolute Gasteiger partial charge is 0.119 e. The predicted octanol–water partition coefficient (Wildman–Crippen LogP) is 2.91. The van der Waals surface area contributed by atoms with Gasteiger partial charge in [0.1, 0.15) is 5.75 Å². The van der Waals surface area contributed by atoms with E-state index in [0.29, 0.717) is 0 Å². The van der Waals surface area contributed by atoms with Gasteiger partial charge in [0.15, 0.2) is 0 Å². The first-order valence-corrected chi connectivity index (χ1v) is 6.34. The van der Waals surface area contributed by atoms with E-state index in [1.807, 2.05) is 12.1 Å². The second-order valence-electron chi connectivity index (χ2n) is 3.45. The van der Waals surface area contributed by atoms with Gasteiger partial charge in [0.05, 0.1) is 6.10 Å². The molecule has 0 aliphatic heterocycles. The molecular formula is C12H19NOS. The summed E-state index contributed by atoms with van der Waals surface area (Å²) in [4.78, 5) is 1.25. The quantitative estimate of drug-likeness (QED) is 0.756. The summed E-state index contributed by atoms with van der Waals surface area (Å²) in [5.41, 5.74) is 5.44. The fourth-order valence-electron chi connectivity index (χ4n) is 1.11. The van der Waals surface area contributed by atoms with Crippen molar-refractivity contribution in [3.05, 3.63) is 24.3 Å². The minimum atomic E-state index is 0.285. The lowest BCUT2D eigenvalue weighted by Gasteiger charge is -2.12. The summed E-state index contributed by atoms with van der Waals surface area (Å²) in [7, 11) is 0. The average Bonchev–Trinajstić information content (AvgIpc) is 2.28. The van der Waals surface area contributed by atoms with Gasteiger partial charge in [-0.2, -0.15) is 0 Å². The maximum atomic E-state index is 5.69. The van der Waals surface area contributed by atoms with Crippen LogP contribution in [0.5, 0.6) is 5.75 Å². The maximum absolute atomic E-state index is 5.69. The third-order valence-corrected chi connectivity index (χ3v) is 3.17. The molecule has 0 heterocycles. The standard InChI is InChI=1S/C12H19NOS/c1-3-10(2)14-11-4-6-12(7-5-11)15-9-8-13/h4-7,10H,3,8-9,13H2,1-2H3. The summed E-state index contributed by atoms with van der Waals surface area (Å²) in [5, 5.41) is 0. The fourth-order valence-corrected chi connectivity index (χ4v) is 1.79. The third kappa shape index (κ3) is 4.58. The summed E-state index contributed by atoms with van der Waals surface area (Å²) in [5.74, 6) is 1.91. The van der Waals surface area contributed by atoms with Crippen LogP contribution in [-0.2, 0) is 0 Å². The molecule has 2 N–H and O–H groups in total. The van der Waals surface area contributed by atoms with Crippen molar-refractivity contribution in [1.82, 2.24) is 0 Å². The van der Waals surface area contributed by atoms with Crippen LogP contribution in [0.2, 0.25) is 0 Å². The summed E-state index contributed by atoms with van der Waals surface area (Å²) in [6.45, 7) is 4.92. The van der Waals surface area contributed by atoms with E-state index in [-0.39, 0.29) is 6.10 Å². The largest absolute Gasteiger partial charge is 0.491 e. The van der Waals surface area contributed by atoms with Gasteiger partial charge >= 0.3 is 0 Å². The van der Waals surface area contributed by atoms with E-state index in [0.717, 1.165) is 24.5 Å². The highest BCUT2D eigenvalue weighted by Gasteiger charge is 2.00. The molecule has 84 valence electrons. The molecule has 0 aromatic heterocycles. The zero-order chi connectivity index (χ0) is 11.1. The Morgan fingerprint density at radius 3 is 2.53 bits per heavy atom. The fraction of sp³-hybridized carbons (Fsp3) is 0.500. The molecule has 2 nitrogen and oxygen atoms in total. The normalized spacial score (nSPS) is 12.5. The Hall–Kier alpha value is -0.670. The van der Waals surface area contributed by atoms with Gasteiger partial charge in [0.2, 0.25) is 0 Å². The number of benzene rings is 1. The first-order valence-electron chi connectivity index (χ1n) is 5.35. The highest BCUT2D eigenvalue weighted by atomic mass is 32.2. The molecule has 0 bridgehead atoms. The molecule has 0 fully saturated rings. The molecule has 0 saturated carbocycles. The number of hydrogen-bond acceptors (Lipinski definition) is 3. The minimum Gasteiger partial charge on any atom is -0.491 e. The molecule has 3 heteroatoms. The Labute approximate surface area is 96.2 Å². The molecule has 1 aromatic rings. The monoisotopic (exact) mass is 225 g/mol. The van der Waals surface area contributed by atoms with Crippen molar-refractivity contribution < 1.29 is 4.74 Å². The Morgan fingerprint density at radius 1 is 1.33 bits per heavy atom. The van der Waals surface area contributed by atoms with E-state index in [2.05, 4.69) is 26.0 Å². The summed E-state index contributed by atoms with van der Waals surface area (Å²) in [6, 6.07) is 8.20.